The number of carbonyl (C=O) groups is 1. The van der Waals surface area contributed by atoms with E-state index in [-0.39, 0.29) is 5.91 Å². The van der Waals surface area contributed by atoms with Crippen molar-refractivity contribution >= 4 is 5.91 Å². The number of methoxy groups -OCH3 is 2. The summed E-state index contributed by atoms with van der Waals surface area (Å²) in [5, 5.41) is 4.57. The maximum atomic E-state index is 13.2. The smallest absolute Gasteiger partial charge is 0.272 e. The summed E-state index contributed by atoms with van der Waals surface area (Å²) in [5.41, 5.74) is 3.34. The molecule has 0 spiro atoms. The van der Waals surface area contributed by atoms with E-state index in [1.165, 1.54) is 5.56 Å². The van der Waals surface area contributed by atoms with Crippen LogP contribution in [0.2, 0.25) is 0 Å². The average molecular weight is 391 g/mol. The van der Waals surface area contributed by atoms with Gasteiger partial charge in [0.1, 0.15) is 17.2 Å². The van der Waals surface area contributed by atoms with Crippen LogP contribution in [0.5, 0.6) is 11.5 Å². The summed E-state index contributed by atoms with van der Waals surface area (Å²) < 4.78 is 12.4. The van der Waals surface area contributed by atoms with Crippen molar-refractivity contribution in [3.05, 3.63) is 65.9 Å². The second kappa shape index (κ2) is 7.99. The molecule has 1 saturated heterocycles. The van der Waals surface area contributed by atoms with Crippen LogP contribution in [0.1, 0.15) is 28.4 Å². The third-order valence-corrected chi connectivity index (χ3v) is 5.53. The van der Waals surface area contributed by atoms with Gasteiger partial charge in [-0.3, -0.25) is 9.48 Å². The van der Waals surface area contributed by atoms with Gasteiger partial charge in [-0.1, -0.05) is 30.3 Å². The summed E-state index contributed by atoms with van der Waals surface area (Å²) in [4.78, 5) is 15.1. The van der Waals surface area contributed by atoms with Gasteiger partial charge in [0.25, 0.3) is 5.91 Å². The molecule has 150 valence electrons. The normalized spacial score (nSPS) is 16.1. The third kappa shape index (κ3) is 3.70. The summed E-state index contributed by atoms with van der Waals surface area (Å²) in [6.45, 7) is 1.48. The molecule has 1 fully saturated rings. The number of hydrogen-bond donors (Lipinski definition) is 0. The molecule has 3 aromatic rings. The molecule has 6 nitrogen and oxygen atoms in total. The van der Waals surface area contributed by atoms with Gasteiger partial charge in [-0.2, -0.15) is 5.10 Å². The SMILES string of the molecule is COc1ccc(OC)c(-c2cc(C(=O)N3CCC(c4ccccc4)C3)n(C)n2)c1. The lowest BCUT2D eigenvalue weighted by Crippen LogP contribution is -2.30. The predicted octanol–water partition coefficient (Wildman–Crippen LogP) is 3.73. The molecule has 4 rings (SSSR count). The summed E-state index contributed by atoms with van der Waals surface area (Å²) >= 11 is 0. The lowest BCUT2D eigenvalue weighted by molar-refractivity contribution is 0.0780. The molecule has 0 bridgehead atoms. The fourth-order valence-electron chi connectivity index (χ4n) is 3.92. The van der Waals surface area contributed by atoms with E-state index in [4.69, 9.17) is 9.47 Å². The highest BCUT2D eigenvalue weighted by Gasteiger charge is 2.30. The van der Waals surface area contributed by atoms with Gasteiger partial charge < -0.3 is 14.4 Å². The first-order chi connectivity index (χ1) is 14.1. The molecule has 1 aliphatic heterocycles. The van der Waals surface area contributed by atoms with Crippen LogP contribution in [0.15, 0.2) is 54.6 Å². The summed E-state index contributed by atoms with van der Waals surface area (Å²) in [7, 11) is 5.04. The van der Waals surface area contributed by atoms with Gasteiger partial charge in [0.15, 0.2) is 0 Å². The standard InChI is InChI=1S/C23H25N3O3/c1-25-21(14-20(24-25)19-13-18(28-2)9-10-22(19)29-3)23(27)26-12-11-17(15-26)16-7-5-4-6-8-16/h4-10,13-14,17H,11-12,15H2,1-3H3. The van der Waals surface area contributed by atoms with E-state index in [0.717, 1.165) is 25.1 Å². The zero-order valence-electron chi connectivity index (χ0n) is 17.0. The molecular formula is C23H25N3O3. The summed E-state index contributed by atoms with van der Waals surface area (Å²) in [6.07, 6.45) is 0.976. The maximum absolute atomic E-state index is 13.2. The Morgan fingerprint density at radius 2 is 1.86 bits per heavy atom. The van der Waals surface area contributed by atoms with Crippen molar-refractivity contribution in [2.75, 3.05) is 27.3 Å². The highest BCUT2D eigenvalue weighted by atomic mass is 16.5. The number of aromatic nitrogens is 2. The van der Waals surface area contributed by atoms with Gasteiger partial charge in [-0.25, -0.2) is 0 Å². The minimum Gasteiger partial charge on any atom is -0.497 e. The number of hydrogen-bond acceptors (Lipinski definition) is 4. The van der Waals surface area contributed by atoms with Crippen LogP contribution < -0.4 is 9.47 Å². The van der Waals surface area contributed by atoms with Crippen molar-refractivity contribution in [2.45, 2.75) is 12.3 Å². The Balaban J connectivity index is 1.58. The minimum atomic E-state index is 0.00606. The van der Waals surface area contributed by atoms with E-state index in [1.54, 1.807) is 25.9 Å². The Morgan fingerprint density at radius 3 is 2.59 bits per heavy atom. The molecular weight excluding hydrogens is 366 g/mol. The number of nitrogens with zero attached hydrogens (tertiary/aromatic N) is 3. The lowest BCUT2D eigenvalue weighted by atomic mass is 9.99. The van der Waals surface area contributed by atoms with Crippen molar-refractivity contribution in [2.24, 2.45) is 7.05 Å². The van der Waals surface area contributed by atoms with Gasteiger partial charge in [-0.05, 0) is 36.2 Å². The molecule has 1 amide bonds. The van der Waals surface area contributed by atoms with Crippen LogP contribution in [0.4, 0.5) is 0 Å². The fourth-order valence-corrected chi connectivity index (χ4v) is 3.92. The van der Waals surface area contributed by atoms with Crippen LogP contribution in [0.25, 0.3) is 11.3 Å². The first kappa shape index (κ1) is 19.1. The van der Waals surface area contributed by atoms with E-state index in [2.05, 4.69) is 29.4 Å². The lowest BCUT2D eigenvalue weighted by Gasteiger charge is -2.16. The van der Waals surface area contributed by atoms with E-state index in [1.807, 2.05) is 35.2 Å². The van der Waals surface area contributed by atoms with Gasteiger partial charge >= 0.3 is 0 Å². The van der Waals surface area contributed by atoms with Crippen molar-refractivity contribution in [3.8, 4) is 22.8 Å². The molecule has 1 atom stereocenters. The molecule has 6 heteroatoms. The van der Waals surface area contributed by atoms with Crippen LogP contribution in [-0.2, 0) is 7.05 Å². The topological polar surface area (TPSA) is 56.6 Å². The van der Waals surface area contributed by atoms with Crippen LogP contribution in [0.3, 0.4) is 0 Å². The van der Waals surface area contributed by atoms with E-state index in [9.17, 15) is 4.79 Å². The Hall–Kier alpha value is -3.28. The first-order valence-electron chi connectivity index (χ1n) is 9.71. The monoisotopic (exact) mass is 391 g/mol. The maximum Gasteiger partial charge on any atom is 0.272 e. The number of benzene rings is 2. The summed E-state index contributed by atoms with van der Waals surface area (Å²) in [5.74, 6) is 1.79. The van der Waals surface area contributed by atoms with Crippen LogP contribution >= 0.6 is 0 Å². The van der Waals surface area contributed by atoms with Crippen LogP contribution in [-0.4, -0.2) is 47.9 Å². The number of aryl methyl sites for hydroxylation is 1. The number of amides is 1. The Kier molecular flexibility index (Phi) is 5.25. The largest absolute Gasteiger partial charge is 0.497 e. The van der Waals surface area contributed by atoms with Gasteiger partial charge in [-0.15, -0.1) is 0 Å². The summed E-state index contributed by atoms with van der Waals surface area (Å²) in [6, 6.07) is 17.8. The molecule has 0 aliphatic carbocycles. The van der Waals surface area contributed by atoms with Crippen molar-refractivity contribution in [3.63, 3.8) is 0 Å². The molecule has 2 aromatic carbocycles. The zero-order chi connectivity index (χ0) is 20.4. The number of likely N-dealkylation sites (tertiary alicyclic amines) is 1. The molecule has 0 N–H and O–H groups in total. The molecule has 2 heterocycles. The van der Waals surface area contributed by atoms with E-state index < -0.39 is 0 Å². The number of carbonyl (C=O) groups excluding carboxylic acids is 1. The Labute approximate surface area is 170 Å². The van der Waals surface area contributed by atoms with Crippen molar-refractivity contribution < 1.29 is 14.3 Å². The van der Waals surface area contributed by atoms with E-state index in [0.29, 0.717) is 28.8 Å². The third-order valence-electron chi connectivity index (χ3n) is 5.53. The quantitative estimate of drug-likeness (QED) is 0.665. The Morgan fingerprint density at radius 1 is 1.07 bits per heavy atom. The van der Waals surface area contributed by atoms with Crippen LogP contribution in [0, 0.1) is 0 Å². The molecule has 1 unspecified atom stereocenters. The first-order valence-corrected chi connectivity index (χ1v) is 9.71. The van der Waals surface area contributed by atoms with Gasteiger partial charge in [0.05, 0.1) is 19.9 Å². The molecule has 0 radical (unpaired) electrons. The minimum absolute atomic E-state index is 0.00606. The molecule has 29 heavy (non-hydrogen) atoms. The second-order valence-corrected chi connectivity index (χ2v) is 7.25. The zero-order valence-corrected chi connectivity index (χ0v) is 17.0. The average Bonchev–Trinajstić information content (AvgIpc) is 3.40. The van der Waals surface area contributed by atoms with Crippen molar-refractivity contribution in [1.82, 2.24) is 14.7 Å². The fraction of sp³-hybridized carbons (Fsp3) is 0.304. The Bertz CT molecular complexity index is 1010. The molecule has 1 aliphatic rings. The van der Waals surface area contributed by atoms with Gasteiger partial charge in [0, 0.05) is 31.6 Å². The predicted molar refractivity (Wildman–Crippen MR) is 111 cm³/mol. The molecule has 1 aromatic heterocycles. The van der Waals surface area contributed by atoms with E-state index >= 15 is 0 Å². The molecule has 0 saturated carbocycles. The highest BCUT2D eigenvalue weighted by molar-refractivity contribution is 5.94. The highest BCUT2D eigenvalue weighted by Crippen LogP contribution is 2.34. The second-order valence-electron chi connectivity index (χ2n) is 7.25. The number of ether oxygens (including phenoxy) is 2. The van der Waals surface area contributed by atoms with Gasteiger partial charge in [0.2, 0.25) is 0 Å². The van der Waals surface area contributed by atoms with Crippen molar-refractivity contribution in [1.29, 1.82) is 0 Å². The number of rotatable bonds is 5.